The van der Waals surface area contributed by atoms with Crippen LogP contribution >= 0.6 is 15.9 Å². The molecule has 0 amide bonds. The summed E-state index contributed by atoms with van der Waals surface area (Å²) in [6, 6.07) is 26.4. The number of ether oxygens (including phenoxy) is 1. The minimum Gasteiger partial charge on any atom is -0.476 e. The fourth-order valence-corrected chi connectivity index (χ4v) is 2.66. The first-order valence-corrected chi connectivity index (χ1v) is 8.36. The van der Waals surface area contributed by atoms with Crippen molar-refractivity contribution < 1.29 is 9.84 Å². The van der Waals surface area contributed by atoms with E-state index in [9.17, 15) is 5.11 Å². The third kappa shape index (κ3) is 3.81. The minimum atomic E-state index is -0.434. The number of halogens is 1. The summed E-state index contributed by atoms with van der Waals surface area (Å²) in [5.74, 6) is 0.744. The molecule has 0 heterocycles. The molecule has 2 nitrogen and oxygen atoms in total. The summed E-state index contributed by atoms with van der Waals surface area (Å²) >= 11 is 3.33. The zero-order valence-electron chi connectivity index (χ0n) is 12.5. The Bertz CT molecular complexity index is 757. The number of hydrogen-bond donors (Lipinski definition) is 1. The van der Waals surface area contributed by atoms with Gasteiger partial charge in [-0.05, 0) is 38.7 Å². The van der Waals surface area contributed by atoms with Crippen LogP contribution in [-0.2, 0) is 0 Å². The van der Waals surface area contributed by atoms with Crippen molar-refractivity contribution in [1.82, 2.24) is 0 Å². The number of rotatable bonds is 5. The van der Waals surface area contributed by atoms with Gasteiger partial charge < -0.3 is 9.84 Å². The van der Waals surface area contributed by atoms with E-state index in [1.54, 1.807) is 0 Å². The quantitative estimate of drug-likeness (QED) is 0.633. The van der Waals surface area contributed by atoms with Crippen molar-refractivity contribution in [3.8, 4) is 28.0 Å². The summed E-state index contributed by atoms with van der Waals surface area (Å²) in [5.41, 5.74) is 4.30. The molecular weight excluding hydrogens is 352 g/mol. The second-order valence-corrected chi connectivity index (χ2v) is 6.17. The maximum atomic E-state index is 9.27. The molecule has 0 radical (unpaired) electrons. The Labute approximate surface area is 144 Å². The molecule has 3 rings (SSSR count). The van der Waals surface area contributed by atoms with E-state index in [0.29, 0.717) is 0 Å². The van der Waals surface area contributed by atoms with Crippen LogP contribution in [-0.4, -0.2) is 16.7 Å². The number of aliphatic hydroxyl groups excluding tert-OH is 1. The van der Waals surface area contributed by atoms with E-state index >= 15 is 0 Å². The molecule has 0 aliphatic rings. The summed E-state index contributed by atoms with van der Waals surface area (Å²) in [6.45, 7) is -0.0935. The van der Waals surface area contributed by atoms with E-state index in [1.165, 1.54) is 0 Å². The average molecular weight is 369 g/mol. The van der Waals surface area contributed by atoms with Crippen molar-refractivity contribution in [3.05, 3.63) is 78.9 Å². The van der Waals surface area contributed by atoms with Gasteiger partial charge in [-0.1, -0.05) is 72.8 Å². The molecule has 0 spiro atoms. The van der Waals surface area contributed by atoms with Gasteiger partial charge in [-0.25, -0.2) is 0 Å². The monoisotopic (exact) mass is 368 g/mol. The van der Waals surface area contributed by atoms with Crippen molar-refractivity contribution in [3.63, 3.8) is 0 Å². The van der Waals surface area contributed by atoms with Gasteiger partial charge in [0.05, 0.1) is 6.61 Å². The van der Waals surface area contributed by atoms with Crippen molar-refractivity contribution in [2.45, 2.75) is 5.01 Å². The molecule has 1 unspecified atom stereocenters. The first-order valence-electron chi connectivity index (χ1n) is 7.44. The lowest BCUT2D eigenvalue weighted by Gasteiger charge is -2.16. The third-order valence-electron chi connectivity index (χ3n) is 3.57. The fourth-order valence-electron chi connectivity index (χ4n) is 2.46. The van der Waals surface area contributed by atoms with Gasteiger partial charge in [0.2, 0.25) is 0 Å². The average Bonchev–Trinajstić information content (AvgIpc) is 2.63. The van der Waals surface area contributed by atoms with E-state index in [2.05, 4.69) is 40.2 Å². The van der Waals surface area contributed by atoms with Crippen LogP contribution in [0.1, 0.15) is 0 Å². The van der Waals surface area contributed by atoms with Gasteiger partial charge in [0.25, 0.3) is 0 Å². The second-order valence-electron chi connectivity index (χ2n) is 5.15. The van der Waals surface area contributed by atoms with Gasteiger partial charge in [0, 0.05) is 5.56 Å². The highest BCUT2D eigenvalue weighted by Crippen LogP contribution is 2.35. The highest BCUT2D eigenvalue weighted by Gasteiger charge is 2.12. The van der Waals surface area contributed by atoms with E-state index in [0.717, 1.165) is 28.0 Å². The van der Waals surface area contributed by atoms with Gasteiger partial charge in [-0.3, -0.25) is 0 Å². The molecule has 0 aromatic heterocycles. The van der Waals surface area contributed by atoms with Crippen LogP contribution in [0.25, 0.3) is 22.3 Å². The highest BCUT2D eigenvalue weighted by molar-refractivity contribution is 9.09. The van der Waals surface area contributed by atoms with Crippen LogP contribution in [0.2, 0.25) is 0 Å². The Hall–Kier alpha value is -2.10. The molecule has 0 fully saturated rings. The Morgan fingerprint density at radius 3 is 2.00 bits per heavy atom. The van der Waals surface area contributed by atoms with Crippen LogP contribution in [0, 0.1) is 0 Å². The topological polar surface area (TPSA) is 29.5 Å². The van der Waals surface area contributed by atoms with Gasteiger partial charge in [-0.2, -0.15) is 0 Å². The molecule has 116 valence electrons. The largest absolute Gasteiger partial charge is 0.476 e. The second kappa shape index (κ2) is 7.44. The summed E-state index contributed by atoms with van der Waals surface area (Å²) in [7, 11) is 0. The third-order valence-corrected chi connectivity index (χ3v) is 4.05. The van der Waals surface area contributed by atoms with Gasteiger partial charge in [0.15, 0.2) is 5.01 Å². The molecule has 23 heavy (non-hydrogen) atoms. The lowest BCUT2D eigenvalue weighted by molar-refractivity contribution is 0.182. The van der Waals surface area contributed by atoms with Gasteiger partial charge >= 0.3 is 0 Å². The summed E-state index contributed by atoms with van der Waals surface area (Å²) < 4.78 is 5.88. The lowest BCUT2D eigenvalue weighted by Crippen LogP contribution is -2.13. The Kier molecular flexibility index (Phi) is 5.11. The van der Waals surface area contributed by atoms with Crippen LogP contribution in [0.5, 0.6) is 5.75 Å². The highest BCUT2D eigenvalue weighted by atomic mass is 79.9. The minimum absolute atomic E-state index is 0.0935. The fraction of sp³-hybridized carbons (Fsp3) is 0.100. The van der Waals surface area contributed by atoms with Crippen LogP contribution < -0.4 is 4.74 Å². The predicted octanol–water partition coefficient (Wildman–Crippen LogP) is 5.11. The van der Waals surface area contributed by atoms with Crippen LogP contribution in [0.4, 0.5) is 0 Å². The first kappa shape index (κ1) is 15.8. The normalized spacial score (nSPS) is 11.9. The SMILES string of the molecule is OCC(Br)Oc1cc(-c2ccccc2)ccc1-c1ccccc1. The predicted molar refractivity (Wildman–Crippen MR) is 97.7 cm³/mol. The first-order chi connectivity index (χ1) is 11.3. The molecule has 1 N–H and O–H groups in total. The zero-order valence-corrected chi connectivity index (χ0v) is 14.1. The molecule has 3 aromatic carbocycles. The van der Waals surface area contributed by atoms with Gasteiger partial charge in [0.1, 0.15) is 5.75 Å². The summed E-state index contributed by atoms with van der Waals surface area (Å²) in [6.07, 6.45) is 0. The zero-order chi connectivity index (χ0) is 16.1. The molecular formula is C20H17BrO2. The van der Waals surface area contributed by atoms with E-state index in [-0.39, 0.29) is 6.61 Å². The van der Waals surface area contributed by atoms with E-state index in [1.807, 2.05) is 54.6 Å². The Balaban J connectivity index is 2.06. The molecule has 0 aliphatic carbocycles. The molecule has 1 atom stereocenters. The smallest absolute Gasteiger partial charge is 0.176 e. The molecule has 3 aromatic rings. The lowest BCUT2D eigenvalue weighted by atomic mass is 9.99. The molecule has 0 bridgehead atoms. The number of hydrogen-bond acceptors (Lipinski definition) is 2. The summed E-state index contributed by atoms with van der Waals surface area (Å²) in [5, 5.41) is 8.84. The van der Waals surface area contributed by atoms with E-state index in [4.69, 9.17) is 4.74 Å². The maximum absolute atomic E-state index is 9.27. The Morgan fingerprint density at radius 2 is 1.39 bits per heavy atom. The van der Waals surface area contributed by atoms with E-state index < -0.39 is 5.01 Å². The maximum Gasteiger partial charge on any atom is 0.176 e. The van der Waals surface area contributed by atoms with Crippen molar-refractivity contribution >= 4 is 15.9 Å². The van der Waals surface area contributed by atoms with Crippen molar-refractivity contribution in [1.29, 1.82) is 0 Å². The van der Waals surface area contributed by atoms with Crippen LogP contribution in [0.3, 0.4) is 0 Å². The molecule has 0 saturated heterocycles. The van der Waals surface area contributed by atoms with Gasteiger partial charge in [-0.15, -0.1) is 0 Å². The Morgan fingerprint density at radius 1 is 0.783 bits per heavy atom. The molecule has 0 aliphatic heterocycles. The van der Waals surface area contributed by atoms with Crippen molar-refractivity contribution in [2.24, 2.45) is 0 Å². The standard InChI is InChI=1S/C20H17BrO2/c21-20(14-22)23-19-13-17(15-7-3-1-4-8-15)11-12-18(19)16-9-5-2-6-10-16/h1-13,20,22H,14H2. The number of alkyl halides is 1. The molecule has 3 heteroatoms. The molecule has 0 saturated carbocycles. The number of benzene rings is 3. The van der Waals surface area contributed by atoms with Crippen molar-refractivity contribution in [2.75, 3.05) is 6.61 Å². The van der Waals surface area contributed by atoms with Crippen LogP contribution in [0.15, 0.2) is 78.9 Å². The number of aliphatic hydroxyl groups is 1. The summed E-state index contributed by atoms with van der Waals surface area (Å²) in [4.78, 5) is 0.